The number of pyridine rings is 1. The predicted molar refractivity (Wildman–Crippen MR) is 147 cm³/mol. The number of piperidine rings is 1. The fourth-order valence-electron chi connectivity index (χ4n) is 5.40. The molecule has 1 saturated heterocycles. The second-order valence-corrected chi connectivity index (χ2v) is 10.6. The van der Waals surface area contributed by atoms with Crippen molar-refractivity contribution in [2.45, 2.75) is 31.8 Å². The normalized spacial score (nSPS) is 22.4. The summed E-state index contributed by atoms with van der Waals surface area (Å²) in [5.41, 5.74) is 1.76. The number of carboxylic acids is 1. The van der Waals surface area contributed by atoms with E-state index in [1.165, 1.54) is 6.07 Å². The molecule has 0 radical (unpaired) electrons. The van der Waals surface area contributed by atoms with E-state index < -0.39 is 17.5 Å². The molecule has 2 unspecified atom stereocenters. The van der Waals surface area contributed by atoms with Gasteiger partial charge in [-0.3, -0.25) is 9.59 Å². The first kappa shape index (κ1) is 26.2. The first-order valence-electron chi connectivity index (χ1n) is 12.9. The van der Waals surface area contributed by atoms with Gasteiger partial charge in [-0.1, -0.05) is 48.9 Å². The van der Waals surface area contributed by atoms with Crippen molar-refractivity contribution in [3.8, 4) is 5.88 Å². The number of carbonyl (C=O) groups is 1. The zero-order chi connectivity index (χ0) is 26.9. The lowest BCUT2D eigenvalue weighted by Crippen LogP contribution is -2.42. The molecule has 1 aromatic heterocycles. The van der Waals surface area contributed by atoms with Crippen molar-refractivity contribution in [3.63, 3.8) is 0 Å². The third-order valence-electron chi connectivity index (χ3n) is 7.75. The molecular formula is C30H31ClN2O5. The molecule has 3 aliphatic rings. The Hall–Kier alpha value is -3.39. The van der Waals surface area contributed by atoms with Gasteiger partial charge in [-0.05, 0) is 54.7 Å². The van der Waals surface area contributed by atoms with Crippen molar-refractivity contribution in [1.29, 1.82) is 0 Å². The number of likely N-dealkylation sites (tertiary alicyclic amines) is 1. The van der Waals surface area contributed by atoms with Crippen LogP contribution in [0.2, 0.25) is 5.02 Å². The Bertz CT molecular complexity index is 1390. The highest BCUT2D eigenvalue weighted by atomic mass is 35.5. The zero-order valence-electron chi connectivity index (χ0n) is 21.2. The molecule has 2 aliphatic heterocycles. The van der Waals surface area contributed by atoms with Gasteiger partial charge in [0.2, 0.25) is 5.88 Å². The average Bonchev–Trinajstić information content (AvgIpc) is 3.07. The van der Waals surface area contributed by atoms with E-state index >= 15 is 0 Å². The lowest BCUT2D eigenvalue weighted by atomic mass is 9.82. The summed E-state index contributed by atoms with van der Waals surface area (Å²) < 4.78 is 6.11. The summed E-state index contributed by atoms with van der Waals surface area (Å²) in [6.07, 6.45) is 12.9. The number of rotatable bonds is 6. The summed E-state index contributed by atoms with van der Waals surface area (Å²) in [5, 5.41) is 21.5. The van der Waals surface area contributed by atoms with Crippen LogP contribution in [-0.2, 0) is 10.4 Å². The summed E-state index contributed by atoms with van der Waals surface area (Å²) in [7, 11) is 0. The minimum Gasteiger partial charge on any atom is -0.481 e. The first-order chi connectivity index (χ1) is 18.2. The molecule has 198 valence electrons. The van der Waals surface area contributed by atoms with Gasteiger partial charge < -0.3 is 24.8 Å². The third kappa shape index (κ3) is 5.27. The maximum absolute atomic E-state index is 12.9. The number of fused-ring (bicyclic) bond motifs is 2. The number of aliphatic carboxylic acids is 1. The molecule has 3 heterocycles. The van der Waals surface area contributed by atoms with Crippen LogP contribution in [0.25, 0.3) is 5.57 Å². The van der Waals surface area contributed by atoms with Crippen LogP contribution in [0.4, 0.5) is 0 Å². The van der Waals surface area contributed by atoms with E-state index in [1.54, 1.807) is 25.3 Å². The fourth-order valence-corrected chi connectivity index (χ4v) is 5.53. The predicted octanol–water partition coefficient (Wildman–Crippen LogP) is 4.89. The number of aromatic amines is 1. The van der Waals surface area contributed by atoms with E-state index in [0.717, 1.165) is 30.8 Å². The lowest BCUT2D eigenvalue weighted by Gasteiger charge is -2.38. The van der Waals surface area contributed by atoms with Gasteiger partial charge >= 0.3 is 5.97 Å². The monoisotopic (exact) mass is 534 g/mol. The van der Waals surface area contributed by atoms with Gasteiger partial charge in [0, 0.05) is 48.4 Å². The fraction of sp³-hybridized carbons (Fsp3) is 0.333. The summed E-state index contributed by atoms with van der Waals surface area (Å²) >= 11 is 6.01. The number of aliphatic hydroxyl groups is 1. The molecule has 1 fully saturated rings. The number of hydrogen-bond acceptors (Lipinski definition) is 5. The summed E-state index contributed by atoms with van der Waals surface area (Å²) in [5.74, 6) is -1.05. The Morgan fingerprint density at radius 3 is 2.71 bits per heavy atom. The SMILES string of the molecule is CC(C(=O)O)C1C=CC=C2Oc3[nH]ccc(=O)c3C(=CCCN3CCC(O)(c4ccc(Cl)cc4)CC3)C=C21. The van der Waals surface area contributed by atoms with E-state index in [-0.39, 0.29) is 11.3 Å². The first-order valence-corrected chi connectivity index (χ1v) is 13.3. The Kier molecular flexibility index (Phi) is 7.43. The van der Waals surface area contributed by atoms with Gasteiger partial charge in [0.1, 0.15) is 5.76 Å². The summed E-state index contributed by atoms with van der Waals surface area (Å²) in [6, 6.07) is 8.86. The Balaban J connectivity index is 1.35. The molecule has 2 atom stereocenters. The van der Waals surface area contributed by atoms with E-state index in [1.807, 2.05) is 42.5 Å². The quantitative estimate of drug-likeness (QED) is 0.487. The standard InChI is InChI=1S/C30H31ClN2O5/c1-19(29(35)36)23-5-2-6-26-24(23)18-20(27-25(34)11-14-32-28(27)38-26)4-3-15-33-16-12-30(37,13-17-33)21-7-9-22(31)10-8-21/h2,4-11,14,18-19,23,37H,3,12-13,15-17H2,1H3,(H,32,34)(H,35,36). The van der Waals surface area contributed by atoms with E-state index in [0.29, 0.717) is 47.1 Å². The smallest absolute Gasteiger partial charge is 0.307 e. The minimum absolute atomic E-state index is 0.164. The highest BCUT2D eigenvalue weighted by molar-refractivity contribution is 6.30. The molecule has 8 heteroatoms. The number of nitrogens with one attached hydrogen (secondary N) is 1. The molecule has 5 rings (SSSR count). The molecule has 7 nitrogen and oxygen atoms in total. The van der Waals surface area contributed by atoms with E-state index in [2.05, 4.69) is 9.88 Å². The highest BCUT2D eigenvalue weighted by Gasteiger charge is 2.34. The summed E-state index contributed by atoms with van der Waals surface area (Å²) in [6.45, 7) is 3.94. The van der Waals surface area contributed by atoms with Crippen molar-refractivity contribution in [2.75, 3.05) is 19.6 Å². The minimum atomic E-state index is -0.895. The molecule has 3 N–H and O–H groups in total. The Morgan fingerprint density at radius 2 is 2.00 bits per heavy atom. The number of aromatic nitrogens is 1. The Morgan fingerprint density at radius 1 is 1.26 bits per heavy atom. The van der Waals surface area contributed by atoms with Gasteiger partial charge in [-0.25, -0.2) is 0 Å². The van der Waals surface area contributed by atoms with Gasteiger partial charge in [0.15, 0.2) is 5.43 Å². The van der Waals surface area contributed by atoms with Crippen LogP contribution in [0.5, 0.6) is 5.88 Å². The molecular weight excluding hydrogens is 504 g/mol. The molecule has 0 amide bonds. The van der Waals surface area contributed by atoms with Crippen molar-refractivity contribution >= 4 is 23.1 Å². The molecule has 0 saturated carbocycles. The van der Waals surface area contributed by atoms with Gasteiger partial charge in [0.05, 0.1) is 17.1 Å². The molecule has 0 spiro atoms. The van der Waals surface area contributed by atoms with Crippen LogP contribution in [-0.4, -0.2) is 45.7 Å². The van der Waals surface area contributed by atoms with Crippen LogP contribution < -0.4 is 10.2 Å². The molecule has 1 aliphatic carbocycles. The second kappa shape index (κ2) is 10.8. The average molecular weight is 535 g/mol. The van der Waals surface area contributed by atoms with Gasteiger partial charge in [-0.15, -0.1) is 0 Å². The Labute approximate surface area is 226 Å². The second-order valence-electron chi connectivity index (χ2n) is 10.1. The summed E-state index contributed by atoms with van der Waals surface area (Å²) in [4.78, 5) is 30.0. The number of carboxylic acid groups (broad SMARTS) is 1. The maximum atomic E-state index is 12.9. The topological polar surface area (TPSA) is 103 Å². The number of hydrogen-bond donors (Lipinski definition) is 3. The van der Waals surface area contributed by atoms with Crippen molar-refractivity contribution < 1.29 is 19.7 Å². The van der Waals surface area contributed by atoms with Crippen molar-refractivity contribution in [1.82, 2.24) is 9.88 Å². The number of H-pyrrole nitrogens is 1. The van der Waals surface area contributed by atoms with Crippen LogP contribution in [0.1, 0.15) is 37.3 Å². The van der Waals surface area contributed by atoms with Crippen LogP contribution in [0.15, 0.2) is 83.0 Å². The molecule has 2 aromatic rings. The van der Waals surface area contributed by atoms with E-state index in [9.17, 15) is 19.8 Å². The lowest BCUT2D eigenvalue weighted by molar-refractivity contribution is -0.141. The highest BCUT2D eigenvalue weighted by Crippen LogP contribution is 2.39. The molecule has 38 heavy (non-hydrogen) atoms. The number of benzene rings is 1. The van der Waals surface area contributed by atoms with Gasteiger partial charge in [-0.2, -0.15) is 0 Å². The number of halogens is 1. The van der Waals surface area contributed by atoms with Gasteiger partial charge in [0.25, 0.3) is 0 Å². The van der Waals surface area contributed by atoms with Crippen LogP contribution in [0, 0.1) is 11.8 Å². The van der Waals surface area contributed by atoms with Crippen LogP contribution in [0.3, 0.4) is 0 Å². The number of allylic oxidation sites excluding steroid dienone is 6. The molecule has 1 aromatic carbocycles. The van der Waals surface area contributed by atoms with Crippen molar-refractivity contribution in [2.24, 2.45) is 11.8 Å². The number of nitrogens with zero attached hydrogens (tertiary/aromatic N) is 1. The third-order valence-corrected chi connectivity index (χ3v) is 8.00. The van der Waals surface area contributed by atoms with Crippen molar-refractivity contribution in [3.05, 3.63) is 105 Å². The maximum Gasteiger partial charge on any atom is 0.307 e. The van der Waals surface area contributed by atoms with E-state index in [4.69, 9.17) is 16.3 Å². The number of ether oxygens (including phenoxy) is 1. The van der Waals surface area contributed by atoms with Crippen LogP contribution >= 0.6 is 11.6 Å². The largest absolute Gasteiger partial charge is 0.481 e. The zero-order valence-corrected chi connectivity index (χ0v) is 21.9. The molecule has 0 bridgehead atoms.